The monoisotopic (exact) mass is 312 g/mol. The second-order valence-electron chi connectivity index (χ2n) is 6.21. The second kappa shape index (κ2) is 5.57. The maximum Gasteiger partial charge on any atom is 0.416 e. The van der Waals surface area contributed by atoms with Crippen LogP contribution in [0.1, 0.15) is 30.4 Å². The van der Waals surface area contributed by atoms with Crippen LogP contribution < -0.4 is 5.32 Å². The molecule has 0 spiro atoms. The Bertz CT molecular complexity index is 556. The van der Waals surface area contributed by atoms with Crippen LogP contribution in [0.15, 0.2) is 24.3 Å². The summed E-state index contributed by atoms with van der Waals surface area (Å²) in [6, 6.07) is 5.49. The Labute approximate surface area is 127 Å². The highest BCUT2D eigenvalue weighted by Crippen LogP contribution is 2.48. The fourth-order valence-corrected chi connectivity index (χ4v) is 3.12. The zero-order chi connectivity index (χ0) is 15.9. The van der Waals surface area contributed by atoms with Crippen molar-refractivity contribution in [1.29, 1.82) is 0 Å². The van der Waals surface area contributed by atoms with Crippen molar-refractivity contribution in [3.63, 3.8) is 0 Å². The summed E-state index contributed by atoms with van der Waals surface area (Å²) in [4.78, 5) is 14.3. The fraction of sp³-hybridized carbons (Fsp3) is 0.562. The van der Waals surface area contributed by atoms with Crippen molar-refractivity contribution in [2.24, 2.45) is 5.92 Å². The largest absolute Gasteiger partial charge is 0.416 e. The van der Waals surface area contributed by atoms with Crippen LogP contribution in [-0.2, 0) is 11.0 Å². The number of halogens is 3. The summed E-state index contributed by atoms with van der Waals surface area (Å²) in [5.41, 5.74) is 0.185. The lowest BCUT2D eigenvalue weighted by molar-refractivity contribution is -0.137. The number of alkyl halides is 3. The van der Waals surface area contributed by atoms with Gasteiger partial charge >= 0.3 is 6.18 Å². The van der Waals surface area contributed by atoms with Gasteiger partial charge in [-0.25, -0.2) is 0 Å². The third kappa shape index (κ3) is 3.11. The molecule has 120 valence electrons. The smallest absolute Gasteiger partial charge is 0.340 e. The molecule has 3 atom stereocenters. The van der Waals surface area contributed by atoms with Crippen LogP contribution in [0.4, 0.5) is 13.2 Å². The summed E-state index contributed by atoms with van der Waals surface area (Å²) in [5, 5.41) is 3.29. The Balaban J connectivity index is 1.63. The average Bonchev–Trinajstić information content (AvgIpc) is 3.26. The van der Waals surface area contributed by atoms with Crippen LogP contribution in [-0.4, -0.2) is 36.5 Å². The van der Waals surface area contributed by atoms with Gasteiger partial charge in [-0.1, -0.05) is 12.1 Å². The number of hydrogen-bond acceptors (Lipinski definition) is 2. The molecule has 2 aliphatic rings. The van der Waals surface area contributed by atoms with Crippen LogP contribution in [0.25, 0.3) is 0 Å². The third-order valence-corrected chi connectivity index (χ3v) is 4.45. The van der Waals surface area contributed by atoms with Gasteiger partial charge in [-0.05, 0) is 37.0 Å². The molecule has 3 rings (SSSR count). The first-order valence-corrected chi connectivity index (χ1v) is 7.55. The molecule has 3 nitrogen and oxygen atoms in total. The number of piperazine rings is 1. The number of carbonyl (C=O) groups is 1. The molecular weight excluding hydrogens is 293 g/mol. The highest BCUT2D eigenvalue weighted by atomic mass is 19.4. The quantitative estimate of drug-likeness (QED) is 0.910. The van der Waals surface area contributed by atoms with Gasteiger partial charge in [0.15, 0.2) is 0 Å². The zero-order valence-electron chi connectivity index (χ0n) is 12.4. The van der Waals surface area contributed by atoms with Crippen molar-refractivity contribution in [3.05, 3.63) is 35.4 Å². The number of carbonyl (C=O) groups excluding carboxylic acids is 1. The Morgan fingerprint density at radius 3 is 2.55 bits per heavy atom. The molecule has 1 saturated heterocycles. The van der Waals surface area contributed by atoms with E-state index in [-0.39, 0.29) is 17.7 Å². The summed E-state index contributed by atoms with van der Waals surface area (Å²) in [5.74, 6) is 0.139. The van der Waals surface area contributed by atoms with E-state index in [4.69, 9.17) is 0 Å². The summed E-state index contributed by atoms with van der Waals surface area (Å²) in [7, 11) is 0. The fourth-order valence-electron chi connectivity index (χ4n) is 3.12. The molecule has 6 heteroatoms. The van der Waals surface area contributed by atoms with Gasteiger partial charge in [0.1, 0.15) is 0 Å². The van der Waals surface area contributed by atoms with E-state index in [1.807, 2.05) is 11.8 Å². The summed E-state index contributed by atoms with van der Waals surface area (Å²) >= 11 is 0. The van der Waals surface area contributed by atoms with Crippen molar-refractivity contribution < 1.29 is 18.0 Å². The number of nitrogens with one attached hydrogen (secondary N) is 1. The molecule has 0 unspecified atom stereocenters. The van der Waals surface area contributed by atoms with E-state index >= 15 is 0 Å². The first kappa shape index (κ1) is 15.3. The lowest BCUT2D eigenvalue weighted by Crippen LogP contribution is -2.51. The Morgan fingerprint density at radius 1 is 1.27 bits per heavy atom. The number of nitrogens with zero attached hydrogens (tertiary/aromatic N) is 1. The van der Waals surface area contributed by atoms with Crippen molar-refractivity contribution in [2.45, 2.75) is 31.5 Å². The van der Waals surface area contributed by atoms with E-state index in [0.717, 1.165) is 30.7 Å². The van der Waals surface area contributed by atoms with Gasteiger partial charge in [-0.15, -0.1) is 0 Å². The first-order chi connectivity index (χ1) is 10.4. The average molecular weight is 312 g/mol. The maximum atomic E-state index is 12.6. The Kier molecular flexibility index (Phi) is 3.89. The normalized spacial score (nSPS) is 28.5. The van der Waals surface area contributed by atoms with Gasteiger partial charge in [0.25, 0.3) is 0 Å². The Morgan fingerprint density at radius 2 is 1.95 bits per heavy atom. The second-order valence-corrected chi connectivity index (χ2v) is 6.21. The van der Waals surface area contributed by atoms with Crippen molar-refractivity contribution in [2.75, 3.05) is 19.6 Å². The number of hydrogen-bond donors (Lipinski definition) is 1. The molecule has 1 N–H and O–H groups in total. The Hall–Kier alpha value is -1.56. The van der Waals surface area contributed by atoms with E-state index in [0.29, 0.717) is 19.1 Å². The van der Waals surface area contributed by atoms with Gasteiger partial charge in [0.05, 0.1) is 5.56 Å². The van der Waals surface area contributed by atoms with Crippen LogP contribution >= 0.6 is 0 Å². The van der Waals surface area contributed by atoms with Crippen molar-refractivity contribution >= 4 is 5.91 Å². The molecule has 1 heterocycles. The number of amides is 1. The van der Waals surface area contributed by atoms with Crippen LogP contribution in [0.3, 0.4) is 0 Å². The molecule has 0 bridgehead atoms. The van der Waals surface area contributed by atoms with E-state index in [2.05, 4.69) is 5.32 Å². The molecule has 1 aliphatic heterocycles. The minimum atomic E-state index is -4.31. The van der Waals surface area contributed by atoms with E-state index in [9.17, 15) is 18.0 Å². The number of benzene rings is 1. The van der Waals surface area contributed by atoms with Gasteiger partial charge in [-0.3, -0.25) is 4.79 Å². The predicted octanol–water partition coefficient (Wildman–Crippen LogP) is 2.63. The van der Waals surface area contributed by atoms with Crippen LogP contribution in [0.5, 0.6) is 0 Å². The molecule has 1 aromatic carbocycles. The van der Waals surface area contributed by atoms with Crippen LogP contribution in [0.2, 0.25) is 0 Å². The van der Waals surface area contributed by atoms with E-state index in [1.54, 1.807) is 0 Å². The SMILES string of the molecule is C[C@@H]1CN(C(=O)[C@@H]2C[C@@H]2c2ccc(C(F)(F)F)cc2)CCN1. The predicted molar refractivity (Wildman–Crippen MR) is 76.3 cm³/mol. The van der Waals surface area contributed by atoms with Crippen LogP contribution in [0, 0.1) is 5.92 Å². The van der Waals surface area contributed by atoms with Crippen molar-refractivity contribution in [3.8, 4) is 0 Å². The van der Waals surface area contributed by atoms with Gasteiger partial charge in [0, 0.05) is 31.6 Å². The molecule has 22 heavy (non-hydrogen) atoms. The van der Waals surface area contributed by atoms with E-state index in [1.165, 1.54) is 12.1 Å². The molecule has 1 aliphatic carbocycles. The molecule has 0 radical (unpaired) electrons. The van der Waals surface area contributed by atoms with Gasteiger partial charge < -0.3 is 10.2 Å². The molecule has 2 fully saturated rings. The van der Waals surface area contributed by atoms with Crippen molar-refractivity contribution in [1.82, 2.24) is 10.2 Å². The lowest BCUT2D eigenvalue weighted by Gasteiger charge is -2.32. The maximum absolute atomic E-state index is 12.6. The first-order valence-electron chi connectivity index (χ1n) is 7.55. The minimum absolute atomic E-state index is 0.0676. The molecule has 1 aromatic rings. The van der Waals surface area contributed by atoms with E-state index < -0.39 is 11.7 Å². The zero-order valence-corrected chi connectivity index (χ0v) is 12.4. The standard InChI is InChI=1S/C16H19F3N2O/c1-10-9-21(7-6-20-10)15(22)14-8-13(14)11-2-4-12(5-3-11)16(17,18)19/h2-5,10,13-14,20H,6-9H2,1H3/t10-,13-,14-/m1/s1. The van der Waals surface area contributed by atoms with Gasteiger partial charge in [-0.2, -0.15) is 13.2 Å². The highest BCUT2D eigenvalue weighted by molar-refractivity contribution is 5.83. The molecular formula is C16H19F3N2O. The summed E-state index contributed by atoms with van der Waals surface area (Å²) in [6.45, 7) is 4.25. The molecule has 1 saturated carbocycles. The summed E-state index contributed by atoms with van der Waals surface area (Å²) in [6.07, 6.45) is -3.57. The summed E-state index contributed by atoms with van der Waals surface area (Å²) < 4.78 is 37.7. The highest BCUT2D eigenvalue weighted by Gasteiger charge is 2.46. The number of rotatable bonds is 2. The molecule has 0 aromatic heterocycles. The topological polar surface area (TPSA) is 32.3 Å². The molecule has 1 amide bonds. The third-order valence-electron chi connectivity index (χ3n) is 4.45. The van der Waals surface area contributed by atoms with Gasteiger partial charge in [0.2, 0.25) is 5.91 Å². The lowest BCUT2D eigenvalue weighted by atomic mass is 10.1. The minimum Gasteiger partial charge on any atom is -0.340 e.